The Morgan fingerprint density at radius 1 is 1.18 bits per heavy atom. The maximum Gasteiger partial charge on any atom is 0.269 e. The summed E-state index contributed by atoms with van der Waals surface area (Å²) in [5.41, 5.74) is -0.263. The average molecular weight is 466 g/mol. The van der Waals surface area contributed by atoms with Crippen LogP contribution in [0.3, 0.4) is 0 Å². The molecule has 6 nitrogen and oxygen atoms in total. The number of hydrogen-bond donors (Lipinski definition) is 1. The molecule has 1 amide bonds. The summed E-state index contributed by atoms with van der Waals surface area (Å²) >= 11 is 0. The van der Waals surface area contributed by atoms with Gasteiger partial charge in [-0.05, 0) is 18.8 Å². The molecule has 2 aliphatic rings. The molecule has 4 rings (SSSR count). The fraction of sp³-hybridized carbons (Fsp3) is 0.607. The summed E-state index contributed by atoms with van der Waals surface area (Å²) in [6, 6.07) is 9.72. The van der Waals surface area contributed by atoms with E-state index >= 15 is 0 Å². The number of aromatic nitrogens is 2. The molecule has 1 aromatic heterocycles. The third-order valence-electron chi connectivity index (χ3n) is 8.16. The first-order valence-electron chi connectivity index (χ1n) is 12.8. The molecule has 2 aromatic rings. The molecule has 2 unspecified atom stereocenters. The molecule has 2 heterocycles. The SMILES string of the molecule is CC(CC1CCCCC1)C(=O)N1CCC(O)(Cn2cc(-c3ccccc3)ncc2=O)C(C)(C)C1. The number of rotatable bonds is 6. The van der Waals surface area contributed by atoms with Gasteiger partial charge in [0, 0.05) is 36.2 Å². The van der Waals surface area contributed by atoms with Crippen LogP contribution in [0.2, 0.25) is 0 Å². The predicted octanol–water partition coefficient (Wildman–Crippen LogP) is 4.51. The van der Waals surface area contributed by atoms with Gasteiger partial charge in [-0.1, -0.05) is 83.2 Å². The van der Waals surface area contributed by atoms with Gasteiger partial charge in [0.25, 0.3) is 5.56 Å². The van der Waals surface area contributed by atoms with Gasteiger partial charge in [-0.25, -0.2) is 4.98 Å². The fourth-order valence-corrected chi connectivity index (χ4v) is 5.79. The highest BCUT2D eigenvalue weighted by Gasteiger charge is 2.49. The standard InChI is InChI=1S/C28H39N3O3/c1-21(16-22-10-6-4-7-11-22)26(33)30-15-14-28(34,27(2,3)19-30)20-31-18-24(29-17-25(31)32)23-12-8-5-9-13-23/h5,8-9,12-13,17-18,21-22,34H,4,6-7,10-11,14-16,19-20H2,1-3H3. The van der Waals surface area contributed by atoms with Gasteiger partial charge in [-0.3, -0.25) is 9.59 Å². The summed E-state index contributed by atoms with van der Waals surface area (Å²) in [5, 5.41) is 11.7. The zero-order chi connectivity index (χ0) is 24.3. The van der Waals surface area contributed by atoms with Crippen molar-refractivity contribution in [3.8, 4) is 11.3 Å². The van der Waals surface area contributed by atoms with Crippen LogP contribution in [0, 0.1) is 17.3 Å². The van der Waals surface area contributed by atoms with Crippen molar-refractivity contribution < 1.29 is 9.90 Å². The van der Waals surface area contributed by atoms with E-state index in [2.05, 4.69) is 11.9 Å². The van der Waals surface area contributed by atoms with Crippen molar-refractivity contribution in [2.24, 2.45) is 17.3 Å². The summed E-state index contributed by atoms with van der Waals surface area (Å²) in [6.45, 7) is 7.25. The van der Waals surface area contributed by atoms with Crippen molar-refractivity contribution >= 4 is 5.91 Å². The lowest BCUT2D eigenvalue weighted by Gasteiger charge is -2.51. The molecule has 1 saturated carbocycles. The van der Waals surface area contributed by atoms with E-state index in [1.54, 1.807) is 10.8 Å². The summed E-state index contributed by atoms with van der Waals surface area (Å²) in [6.07, 6.45) is 10.9. The van der Waals surface area contributed by atoms with Crippen molar-refractivity contribution in [1.82, 2.24) is 14.5 Å². The normalized spacial score (nSPS) is 24.1. The van der Waals surface area contributed by atoms with Gasteiger partial charge in [0.1, 0.15) is 0 Å². The Bertz CT molecular complexity index is 1040. The first kappa shape index (κ1) is 24.6. The molecule has 6 heteroatoms. The van der Waals surface area contributed by atoms with Crippen molar-refractivity contribution in [3.63, 3.8) is 0 Å². The molecule has 0 radical (unpaired) electrons. The minimum atomic E-state index is -1.10. The topological polar surface area (TPSA) is 75.4 Å². The van der Waals surface area contributed by atoms with Crippen LogP contribution < -0.4 is 5.56 Å². The Balaban J connectivity index is 1.45. The number of amides is 1. The second-order valence-corrected chi connectivity index (χ2v) is 11.2. The van der Waals surface area contributed by atoms with Crippen LogP contribution in [-0.4, -0.2) is 44.2 Å². The molecule has 1 aliphatic heterocycles. The van der Waals surface area contributed by atoms with Crippen LogP contribution in [0.5, 0.6) is 0 Å². The molecule has 1 saturated heterocycles. The Morgan fingerprint density at radius 2 is 1.88 bits per heavy atom. The highest BCUT2D eigenvalue weighted by Crippen LogP contribution is 2.40. The quantitative estimate of drug-likeness (QED) is 0.681. The monoisotopic (exact) mass is 465 g/mol. The zero-order valence-corrected chi connectivity index (χ0v) is 20.9. The van der Waals surface area contributed by atoms with Crippen LogP contribution in [0.25, 0.3) is 11.3 Å². The lowest BCUT2D eigenvalue weighted by Crippen LogP contribution is -2.61. The number of piperidine rings is 1. The third kappa shape index (κ3) is 5.27. The van der Waals surface area contributed by atoms with E-state index in [4.69, 9.17) is 0 Å². The molecule has 2 fully saturated rings. The van der Waals surface area contributed by atoms with E-state index in [0.29, 0.717) is 31.1 Å². The zero-order valence-electron chi connectivity index (χ0n) is 20.9. The van der Waals surface area contributed by atoms with Crippen molar-refractivity contribution in [1.29, 1.82) is 0 Å². The summed E-state index contributed by atoms with van der Waals surface area (Å²) < 4.78 is 1.57. The minimum absolute atomic E-state index is 0.0151. The van der Waals surface area contributed by atoms with Crippen molar-refractivity contribution in [2.75, 3.05) is 13.1 Å². The molecule has 0 spiro atoms. The fourth-order valence-electron chi connectivity index (χ4n) is 5.79. The lowest BCUT2D eigenvalue weighted by atomic mass is 9.69. The van der Waals surface area contributed by atoms with E-state index in [-0.39, 0.29) is 23.9 Å². The molecule has 1 N–H and O–H groups in total. The lowest BCUT2D eigenvalue weighted by molar-refractivity contribution is -0.157. The molecule has 1 aliphatic carbocycles. The van der Waals surface area contributed by atoms with Crippen LogP contribution >= 0.6 is 0 Å². The first-order valence-corrected chi connectivity index (χ1v) is 12.8. The molecule has 0 bridgehead atoms. The Labute approximate surface area is 203 Å². The van der Waals surface area contributed by atoms with E-state index < -0.39 is 11.0 Å². The molecule has 184 valence electrons. The van der Waals surface area contributed by atoms with Crippen LogP contribution in [0.4, 0.5) is 0 Å². The molecular formula is C28H39N3O3. The number of hydrogen-bond acceptors (Lipinski definition) is 4. The minimum Gasteiger partial charge on any atom is -0.387 e. The maximum absolute atomic E-state index is 13.3. The van der Waals surface area contributed by atoms with E-state index in [0.717, 1.165) is 12.0 Å². The van der Waals surface area contributed by atoms with Gasteiger partial charge in [-0.15, -0.1) is 0 Å². The van der Waals surface area contributed by atoms with Crippen molar-refractivity contribution in [2.45, 2.75) is 77.9 Å². The molecular weight excluding hydrogens is 426 g/mol. The second kappa shape index (κ2) is 10.0. The maximum atomic E-state index is 13.3. The number of likely N-dealkylation sites (tertiary alicyclic amines) is 1. The predicted molar refractivity (Wildman–Crippen MR) is 134 cm³/mol. The Kier molecular flexibility index (Phi) is 7.27. The number of carbonyl (C=O) groups is 1. The van der Waals surface area contributed by atoms with Crippen LogP contribution in [0.1, 0.15) is 65.7 Å². The Morgan fingerprint density at radius 3 is 2.56 bits per heavy atom. The van der Waals surface area contributed by atoms with Gasteiger partial charge < -0.3 is 14.6 Å². The van der Waals surface area contributed by atoms with Gasteiger partial charge in [0.15, 0.2) is 0 Å². The summed E-state index contributed by atoms with van der Waals surface area (Å²) in [7, 11) is 0. The molecule has 2 atom stereocenters. The van der Waals surface area contributed by atoms with Gasteiger partial charge in [-0.2, -0.15) is 0 Å². The number of benzene rings is 1. The van der Waals surface area contributed by atoms with Crippen LogP contribution in [-0.2, 0) is 11.3 Å². The van der Waals surface area contributed by atoms with Crippen molar-refractivity contribution in [3.05, 3.63) is 53.1 Å². The highest BCUT2D eigenvalue weighted by atomic mass is 16.3. The van der Waals surface area contributed by atoms with E-state index in [1.165, 1.54) is 38.3 Å². The summed E-state index contributed by atoms with van der Waals surface area (Å²) in [4.78, 5) is 32.1. The largest absolute Gasteiger partial charge is 0.387 e. The highest BCUT2D eigenvalue weighted by molar-refractivity contribution is 5.78. The number of aliphatic hydroxyl groups is 1. The number of carbonyl (C=O) groups excluding carboxylic acids is 1. The Hall–Kier alpha value is -2.47. The number of nitrogens with zero attached hydrogens (tertiary/aromatic N) is 3. The first-order chi connectivity index (χ1) is 16.2. The molecule has 34 heavy (non-hydrogen) atoms. The second-order valence-electron chi connectivity index (χ2n) is 11.2. The van der Waals surface area contributed by atoms with Gasteiger partial charge in [0.05, 0.1) is 24.0 Å². The van der Waals surface area contributed by atoms with E-state index in [9.17, 15) is 14.7 Å². The average Bonchev–Trinajstić information content (AvgIpc) is 2.83. The molecule has 1 aromatic carbocycles. The van der Waals surface area contributed by atoms with Gasteiger partial charge in [0.2, 0.25) is 5.91 Å². The van der Waals surface area contributed by atoms with Gasteiger partial charge >= 0.3 is 0 Å². The smallest absolute Gasteiger partial charge is 0.269 e. The van der Waals surface area contributed by atoms with Crippen LogP contribution in [0.15, 0.2) is 47.5 Å². The van der Waals surface area contributed by atoms with E-state index in [1.807, 2.05) is 49.1 Å². The summed E-state index contributed by atoms with van der Waals surface area (Å²) in [5.74, 6) is 0.884. The third-order valence-corrected chi connectivity index (χ3v) is 8.16.